The summed E-state index contributed by atoms with van der Waals surface area (Å²) < 4.78 is 27.2. The van der Waals surface area contributed by atoms with Crippen LogP contribution in [0.3, 0.4) is 0 Å². The maximum Gasteiger partial charge on any atom is 0.257 e. The number of anilines is 1. The number of aromatic amines is 2. The minimum atomic E-state index is -3.53. The smallest absolute Gasteiger partial charge is 0.257 e. The number of hydrogen-bond acceptors (Lipinski definition) is 6. The third kappa shape index (κ3) is 3.46. The van der Waals surface area contributed by atoms with Gasteiger partial charge >= 0.3 is 0 Å². The van der Waals surface area contributed by atoms with E-state index in [-0.39, 0.29) is 11.1 Å². The van der Waals surface area contributed by atoms with E-state index in [0.717, 1.165) is 42.3 Å². The Morgan fingerprint density at radius 2 is 2.16 bits per heavy atom. The summed E-state index contributed by atoms with van der Waals surface area (Å²) in [5.41, 5.74) is 1.01. The molecule has 0 unspecified atom stereocenters. The molecule has 3 aromatic rings. The molecule has 1 fully saturated rings. The first-order chi connectivity index (χ1) is 12.1. The van der Waals surface area contributed by atoms with Crippen molar-refractivity contribution in [2.24, 2.45) is 0 Å². The molecule has 0 aromatic carbocycles. The molecule has 1 aliphatic rings. The van der Waals surface area contributed by atoms with Gasteiger partial charge in [0.2, 0.25) is 0 Å². The van der Waals surface area contributed by atoms with Gasteiger partial charge in [0.15, 0.2) is 10.8 Å². The fraction of sp³-hybridized carbons (Fsp3) is 0.333. The average molecular weight is 378 g/mol. The SMILES string of the molecule is O=S(=O)(NC1CCN(c2cc(-c3cccs3)[nH]n2)CC1)c1cnc[nH]1. The maximum absolute atomic E-state index is 12.2. The van der Waals surface area contributed by atoms with E-state index in [1.807, 2.05) is 17.5 Å². The number of nitrogens with zero attached hydrogens (tertiary/aromatic N) is 3. The summed E-state index contributed by atoms with van der Waals surface area (Å²) in [4.78, 5) is 9.72. The monoisotopic (exact) mass is 378 g/mol. The summed E-state index contributed by atoms with van der Waals surface area (Å²) >= 11 is 1.67. The minimum absolute atomic E-state index is 0.0831. The Morgan fingerprint density at radius 3 is 2.84 bits per heavy atom. The number of nitrogens with one attached hydrogen (secondary N) is 3. The Hall–Kier alpha value is -2.17. The van der Waals surface area contributed by atoms with E-state index in [1.54, 1.807) is 11.3 Å². The first-order valence-corrected chi connectivity index (χ1v) is 10.3. The minimum Gasteiger partial charge on any atom is -0.355 e. The van der Waals surface area contributed by atoms with Gasteiger partial charge in [0.25, 0.3) is 10.0 Å². The van der Waals surface area contributed by atoms with Crippen molar-refractivity contribution in [3.63, 3.8) is 0 Å². The van der Waals surface area contributed by atoms with Gasteiger partial charge in [0.1, 0.15) is 0 Å². The number of H-pyrrole nitrogens is 2. The fourth-order valence-corrected chi connectivity index (χ4v) is 4.83. The highest BCUT2D eigenvalue weighted by molar-refractivity contribution is 7.89. The normalized spacial score (nSPS) is 16.4. The van der Waals surface area contributed by atoms with Gasteiger partial charge in [-0.25, -0.2) is 18.1 Å². The van der Waals surface area contributed by atoms with Crippen LogP contribution in [0.2, 0.25) is 0 Å². The zero-order valence-corrected chi connectivity index (χ0v) is 15.0. The topological polar surface area (TPSA) is 107 Å². The van der Waals surface area contributed by atoms with Gasteiger partial charge in [-0.15, -0.1) is 11.3 Å². The molecular weight excluding hydrogens is 360 g/mol. The predicted octanol–water partition coefficient (Wildman–Crippen LogP) is 1.81. The lowest BCUT2D eigenvalue weighted by molar-refractivity contribution is 0.457. The summed E-state index contributed by atoms with van der Waals surface area (Å²) in [7, 11) is -3.53. The van der Waals surface area contributed by atoms with Crippen LogP contribution in [-0.4, -0.2) is 47.7 Å². The van der Waals surface area contributed by atoms with Gasteiger partial charge in [0.05, 0.1) is 23.1 Å². The third-order valence-corrected chi connectivity index (χ3v) is 6.60. The molecule has 4 rings (SSSR count). The predicted molar refractivity (Wildman–Crippen MR) is 96.0 cm³/mol. The van der Waals surface area contributed by atoms with E-state index in [1.165, 1.54) is 12.5 Å². The number of aromatic nitrogens is 4. The van der Waals surface area contributed by atoms with Crippen molar-refractivity contribution in [2.45, 2.75) is 23.9 Å². The Balaban J connectivity index is 1.37. The first-order valence-electron chi connectivity index (χ1n) is 7.97. The standard InChI is InChI=1S/C15H18N6O2S2/c22-25(23,15-9-16-10-17-15)20-11-3-5-21(6-4-11)14-8-12(18-19-14)13-2-1-7-24-13/h1-2,7-11,20H,3-6H2,(H,16,17)(H,18,19). The van der Waals surface area contributed by atoms with Gasteiger partial charge in [-0.1, -0.05) is 6.07 Å². The van der Waals surface area contributed by atoms with Crippen LogP contribution in [0.5, 0.6) is 0 Å². The summed E-state index contributed by atoms with van der Waals surface area (Å²) in [6.07, 6.45) is 4.14. The van der Waals surface area contributed by atoms with Crippen LogP contribution in [-0.2, 0) is 10.0 Å². The summed E-state index contributed by atoms with van der Waals surface area (Å²) in [5.74, 6) is 0.901. The highest BCUT2D eigenvalue weighted by Gasteiger charge is 2.26. The molecule has 1 aliphatic heterocycles. The van der Waals surface area contributed by atoms with Crippen molar-refractivity contribution in [2.75, 3.05) is 18.0 Å². The van der Waals surface area contributed by atoms with Gasteiger partial charge in [0, 0.05) is 25.2 Å². The maximum atomic E-state index is 12.2. The van der Waals surface area contributed by atoms with Crippen molar-refractivity contribution in [1.29, 1.82) is 0 Å². The molecule has 3 aromatic heterocycles. The van der Waals surface area contributed by atoms with E-state index in [0.29, 0.717) is 0 Å². The highest BCUT2D eigenvalue weighted by Crippen LogP contribution is 2.27. The molecule has 0 bridgehead atoms. The summed E-state index contributed by atoms with van der Waals surface area (Å²) in [6.45, 7) is 1.51. The molecule has 3 N–H and O–H groups in total. The zero-order valence-electron chi connectivity index (χ0n) is 13.3. The molecule has 8 nitrogen and oxygen atoms in total. The van der Waals surface area contributed by atoms with Crippen LogP contribution in [0.25, 0.3) is 10.6 Å². The van der Waals surface area contributed by atoms with Crippen LogP contribution in [0.4, 0.5) is 5.82 Å². The molecule has 4 heterocycles. The number of rotatable bonds is 5. The molecular formula is C15H18N6O2S2. The Labute approximate surface area is 149 Å². The molecule has 0 amide bonds. The largest absolute Gasteiger partial charge is 0.355 e. The van der Waals surface area contributed by atoms with Crippen LogP contribution in [0.1, 0.15) is 12.8 Å². The molecule has 0 radical (unpaired) electrons. The van der Waals surface area contributed by atoms with E-state index < -0.39 is 10.0 Å². The van der Waals surface area contributed by atoms with Crippen molar-refractivity contribution in [1.82, 2.24) is 24.9 Å². The lowest BCUT2D eigenvalue weighted by Crippen LogP contribution is -2.44. The molecule has 1 saturated heterocycles. The Morgan fingerprint density at radius 1 is 1.32 bits per heavy atom. The summed E-state index contributed by atoms with van der Waals surface area (Å²) in [6, 6.07) is 6.03. The second kappa shape index (κ2) is 6.62. The quantitative estimate of drug-likeness (QED) is 0.628. The second-order valence-electron chi connectivity index (χ2n) is 5.92. The lowest BCUT2D eigenvalue weighted by atomic mass is 10.1. The van der Waals surface area contributed by atoms with Crippen LogP contribution in [0.15, 0.2) is 41.1 Å². The van der Waals surface area contributed by atoms with Crippen molar-refractivity contribution in [3.05, 3.63) is 36.1 Å². The highest BCUT2D eigenvalue weighted by atomic mass is 32.2. The number of sulfonamides is 1. The molecule has 0 saturated carbocycles. The Bertz CT molecular complexity index is 909. The van der Waals surface area contributed by atoms with E-state index >= 15 is 0 Å². The molecule has 132 valence electrons. The second-order valence-corrected chi connectivity index (χ2v) is 8.55. The van der Waals surface area contributed by atoms with Crippen molar-refractivity contribution >= 4 is 27.2 Å². The van der Waals surface area contributed by atoms with Gasteiger partial charge in [-0.05, 0) is 24.3 Å². The number of piperidine rings is 1. The number of thiophene rings is 1. The zero-order chi connectivity index (χ0) is 17.3. The van der Waals surface area contributed by atoms with Gasteiger partial charge in [-0.3, -0.25) is 5.10 Å². The van der Waals surface area contributed by atoms with E-state index in [9.17, 15) is 8.42 Å². The molecule has 10 heteroatoms. The average Bonchev–Trinajstić information content (AvgIpc) is 3.35. The van der Waals surface area contributed by atoms with Crippen LogP contribution in [0, 0.1) is 0 Å². The van der Waals surface area contributed by atoms with Crippen molar-refractivity contribution < 1.29 is 8.42 Å². The molecule has 0 atom stereocenters. The van der Waals surface area contributed by atoms with E-state index in [2.05, 4.69) is 35.9 Å². The van der Waals surface area contributed by atoms with Crippen LogP contribution < -0.4 is 9.62 Å². The first kappa shape index (κ1) is 16.3. The lowest BCUT2D eigenvalue weighted by Gasteiger charge is -2.32. The van der Waals surface area contributed by atoms with Crippen LogP contribution >= 0.6 is 11.3 Å². The number of imidazole rings is 1. The number of hydrogen-bond donors (Lipinski definition) is 3. The fourth-order valence-electron chi connectivity index (χ4n) is 2.93. The van der Waals surface area contributed by atoms with E-state index in [4.69, 9.17) is 0 Å². The van der Waals surface area contributed by atoms with Crippen molar-refractivity contribution in [3.8, 4) is 10.6 Å². The molecule has 0 spiro atoms. The van der Waals surface area contributed by atoms with Gasteiger partial charge in [-0.2, -0.15) is 5.10 Å². The molecule has 25 heavy (non-hydrogen) atoms. The third-order valence-electron chi connectivity index (χ3n) is 4.25. The summed E-state index contributed by atoms with van der Waals surface area (Å²) in [5, 5.41) is 9.60. The molecule has 0 aliphatic carbocycles. The Kier molecular flexibility index (Phi) is 4.32. The van der Waals surface area contributed by atoms with Gasteiger partial charge < -0.3 is 9.88 Å².